The molecule has 0 radical (unpaired) electrons. The summed E-state index contributed by atoms with van der Waals surface area (Å²) >= 11 is 1.49. The molecule has 0 N–H and O–H groups in total. The Balaban J connectivity index is 1.86. The number of ether oxygens (including phenoxy) is 1. The van der Waals surface area contributed by atoms with Crippen LogP contribution in [0.5, 0.6) is 5.75 Å². The molecule has 4 aromatic rings. The number of aromatic nitrogens is 2. The van der Waals surface area contributed by atoms with Gasteiger partial charge in [-0.1, -0.05) is 11.3 Å². The first kappa shape index (κ1) is 12.3. The monoisotopic (exact) mass is 298 g/mol. The number of halogens is 1. The SMILES string of the molecule is COc1ccc(-c2cn3c(n2)sc2cc(F)ccc23)cc1. The molecule has 104 valence electrons. The minimum atomic E-state index is -0.220. The summed E-state index contributed by atoms with van der Waals surface area (Å²) in [6.45, 7) is 0. The van der Waals surface area contributed by atoms with Crippen molar-refractivity contribution in [1.82, 2.24) is 9.38 Å². The third kappa shape index (κ3) is 1.97. The van der Waals surface area contributed by atoms with Crippen molar-refractivity contribution in [3.05, 3.63) is 54.5 Å². The van der Waals surface area contributed by atoms with Crippen LogP contribution in [0.3, 0.4) is 0 Å². The van der Waals surface area contributed by atoms with Crippen LogP contribution in [0.15, 0.2) is 48.7 Å². The number of thiazole rings is 1. The number of fused-ring (bicyclic) bond motifs is 3. The van der Waals surface area contributed by atoms with Gasteiger partial charge in [0, 0.05) is 11.8 Å². The summed E-state index contributed by atoms with van der Waals surface area (Å²) in [5.74, 6) is 0.600. The fraction of sp³-hybridized carbons (Fsp3) is 0.0625. The number of imidazole rings is 1. The highest BCUT2D eigenvalue weighted by Gasteiger charge is 2.10. The molecule has 0 aliphatic carbocycles. The summed E-state index contributed by atoms with van der Waals surface area (Å²) < 4.78 is 21.3. The molecule has 5 heteroatoms. The first-order valence-electron chi connectivity index (χ1n) is 6.46. The van der Waals surface area contributed by atoms with E-state index in [2.05, 4.69) is 4.98 Å². The largest absolute Gasteiger partial charge is 0.497 e. The lowest BCUT2D eigenvalue weighted by molar-refractivity contribution is 0.415. The van der Waals surface area contributed by atoms with Crippen LogP contribution in [0, 0.1) is 5.82 Å². The zero-order valence-electron chi connectivity index (χ0n) is 11.2. The van der Waals surface area contributed by atoms with E-state index in [1.807, 2.05) is 34.9 Å². The molecule has 21 heavy (non-hydrogen) atoms. The Hall–Kier alpha value is -2.40. The molecule has 0 unspecified atom stereocenters. The molecule has 2 heterocycles. The van der Waals surface area contributed by atoms with E-state index in [0.717, 1.165) is 32.2 Å². The highest BCUT2D eigenvalue weighted by atomic mass is 32.1. The van der Waals surface area contributed by atoms with Gasteiger partial charge >= 0.3 is 0 Å². The molecule has 2 aromatic heterocycles. The lowest BCUT2D eigenvalue weighted by Crippen LogP contribution is -1.82. The highest BCUT2D eigenvalue weighted by molar-refractivity contribution is 7.23. The molecule has 2 aromatic carbocycles. The van der Waals surface area contributed by atoms with Gasteiger partial charge in [0.25, 0.3) is 0 Å². The van der Waals surface area contributed by atoms with Gasteiger partial charge < -0.3 is 4.74 Å². The predicted molar refractivity (Wildman–Crippen MR) is 82.5 cm³/mol. The maximum absolute atomic E-state index is 13.3. The number of nitrogens with zero attached hydrogens (tertiary/aromatic N) is 2. The Morgan fingerprint density at radius 2 is 1.95 bits per heavy atom. The lowest BCUT2D eigenvalue weighted by atomic mass is 10.2. The minimum absolute atomic E-state index is 0.220. The van der Waals surface area contributed by atoms with E-state index >= 15 is 0 Å². The van der Waals surface area contributed by atoms with Crippen molar-refractivity contribution in [2.75, 3.05) is 7.11 Å². The van der Waals surface area contributed by atoms with Gasteiger partial charge in [-0.15, -0.1) is 0 Å². The fourth-order valence-corrected chi connectivity index (χ4v) is 3.41. The molecule has 0 spiro atoms. The van der Waals surface area contributed by atoms with Gasteiger partial charge in [0.1, 0.15) is 11.6 Å². The van der Waals surface area contributed by atoms with Crippen molar-refractivity contribution < 1.29 is 9.13 Å². The number of benzene rings is 2. The molecule has 0 bridgehead atoms. The third-order valence-electron chi connectivity index (χ3n) is 3.44. The maximum atomic E-state index is 13.3. The zero-order chi connectivity index (χ0) is 14.4. The van der Waals surface area contributed by atoms with Gasteiger partial charge in [0.15, 0.2) is 4.96 Å². The molecule has 0 saturated heterocycles. The Bertz CT molecular complexity index is 940. The summed E-state index contributed by atoms with van der Waals surface area (Å²) in [7, 11) is 1.65. The van der Waals surface area contributed by atoms with Crippen LogP contribution >= 0.6 is 11.3 Å². The van der Waals surface area contributed by atoms with Gasteiger partial charge in [-0.05, 0) is 42.5 Å². The van der Waals surface area contributed by atoms with Gasteiger partial charge in [-0.25, -0.2) is 9.37 Å². The Morgan fingerprint density at radius 3 is 2.71 bits per heavy atom. The van der Waals surface area contributed by atoms with Crippen LogP contribution in [0.4, 0.5) is 4.39 Å². The average Bonchev–Trinajstić information content (AvgIpc) is 3.04. The molecule has 0 aliphatic rings. The minimum Gasteiger partial charge on any atom is -0.497 e. The van der Waals surface area contributed by atoms with Gasteiger partial charge in [-0.3, -0.25) is 4.40 Å². The van der Waals surface area contributed by atoms with E-state index in [1.54, 1.807) is 19.2 Å². The molecule has 0 atom stereocenters. The van der Waals surface area contributed by atoms with Crippen LogP contribution in [0.25, 0.3) is 26.4 Å². The van der Waals surface area contributed by atoms with Crippen molar-refractivity contribution in [2.24, 2.45) is 0 Å². The van der Waals surface area contributed by atoms with E-state index in [4.69, 9.17) is 4.74 Å². The second-order valence-electron chi connectivity index (χ2n) is 4.72. The zero-order valence-corrected chi connectivity index (χ0v) is 12.0. The summed E-state index contributed by atoms with van der Waals surface area (Å²) in [6, 6.07) is 12.6. The summed E-state index contributed by atoms with van der Waals surface area (Å²) in [5, 5.41) is 0. The van der Waals surface area contributed by atoms with E-state index in [1.165, 1.54) is 17.4 Å². The van der Waals surface area contributed by atoms with E-state index < -0.39 is 0 Å². The third-order valence-corrected chi connectivity index (χ3v) is 4.46. The molecule has 0 amide bonds. The molecule has 0 fully saturated rings. The molecule has 3 nitrogen and oxygen atoms in total. The van der Waals surface area contributed by atoms with Gasteiger partial charge in [-0.2, -0.15) is 0 Å². The summed E-state index contributed by atoms with van der Waals surface area (Å²) in [5.41, 5.74) is 2.90. The second-order valence-corrected chi connectivity index (χ2v) is 5.73. The van der Waals surface area contributed by atoms with Gasteiger partial charge in [0.2, 0.25) is 0 Å². The average molecular weight is 298 g/mol. The normalized spacial score (nSPS) is 11.3. The molecular weight excluding hydrogens is 287 g/mol. The highest BCUT2D eigenvalue weighted by Crippen LogP contribution is 2.30. The van der Waals surface area contributed by atoms with Crippen LogP contribution < -0.4 is 4.74 Å². The molecule has 0 aliphatic heterocycles. The van der Waals surface area contributed by atoms with Crippen molar-refractivity contribution in [2.45, 2.75) is 0 Å². The van der Waals surface area contributed by atoms with E-state index in [0.29, 0.717) is 0 Å². The summed E-state index contributed by atoms with van der Waals surface area (Å²) in [6.07, 6.45) is 1.98. The van der Waals surface area contributed by atoms with Crippen molar-refractivity contribution in [1.29, 1.82) is 0 Å². The van der Waals surface area contributed by atoms with E-state index in [-0.39, 0.29) is 5.82 Å². The Morgan fingerprint density at radius 1 is 1.14 bits per heavy atom. The van der Waals surface area contributed by atoms with Gasteiger partial charge in [0.05, 0.1) is 23.0 Å². The summed E-state index contributed by atoms with van der Waals surface area (Å²) in [4.78, 5) is 5.49. The Labute approximate surface area is 124 Å². The quantitative estimate of drug-likeness (QED) is 0.549. The number of rotatable bonds is 2. The van der Waals surface area contributed by atoms with Crippen molar-refractivity contribution in [3.63, 3.8) is 0 Å². The molecular formula is C16H11FN2OS. The van der Waals surface area contributed by atoms with Crippen LogP contribution in [0.1, 0.15) is 0 Å². The standard InChI is InChI=1S/C16H11FN2OS/c1-20-12-5-2-10(3-6-12)13-9-19-14-7-4-11(17)8-15(14)21-16(19)18-13/h2-9H,1H3. The predicted octanol–water partition coefficient (Wildman–Crippen LogP) is 4.36. The van der Waals surface area contributed by atoms with Crippen LogP contribution in [-0.4, -0.2) is 16.5 Å². The number of hydrogen-bond donors (Lipinski definition) is 0. The molecule has 4 rings (SSSR count). The van der Waals surface area contributed by atoms with E-state index in [9.17, 15) is 4.39 Å². The Kier molecular flexibility index (Phi) is 2.68. The fourth-order valence-electron chi connectivity index (χ4n) is 2.38. The smallest absolute Gasteiger partial charge is 0.195 e. The molecule has 0 saturated carbocycles. The second kappa shape index (κ2) is 4.56. The first-order chi connectivity index (χ1) is 10.2. The number of methoxy groups -OCH3 is 1. The van der Waals surface area contributed by atoms with Crippen LogP contribution in [0.2, 0.25) is 0 Å². The number of hydrogen-bond acceptors (Lipinski definition) is 3. The van der Waals surface area contributed by atoms with Crippen molar-refractivity contribution in [3.8, 4) is 17.0 Å². The topological polar surface area (TPSA) is 26.5 Å². The lowest BCUT2D eigenvalue weighted by Gasteiger charge is -2.00. The maximum Gasteiger partial charge on any atom is 0.195 e. The van der Waals surface area contributed by atoms with Crippen LogP contribution in [-0.2, 0) is 0 Å². The van der Waals surface area contributed by atoms with Crippen molar-refractivity contribution >= 4 is 26.5 Å². The first-order valence-corrected chi connectivity index (χ1v) is 7.28.